The van der Waals surface area contributed by atoms with Gasteiger partial charge in [0, 0.05) is 11.3 Å². The van der Waals surface area contributed by atoms with Crippen molar-refractivity contribution in [1.82, 2.24) is 10.1 Å². The molecule has 0 unspecified atom stereocenters. The molecule has 4 aromatic rings. The number of hydrogen-bond acceptors (Lipinski definition) is 6. The monoisotopic (exact) mass is 439 g/mol. The van der Waals surface area contributed by atoms with E-state index < -0.39 is 15.8 Å². The number of halogens is 1. The second kappa shape index (κ2) is 8.57. The van der Waals surface area contributed by atoms with Gasteiger partial charge in [-0.1, -0.05) is 17.3 Å². The van der Waals surface area contributed by atoms with Gasteiger partial charge in [-0.05, 0) is 66.2 Å². The summed E-state index contributed by atoms with van der Waals surface area (Å²) in [6.07, 6.45) is 0.458. The van der Waals surface area contributed by atoms with Crippen molar-refractivity contribution in [2.24, 2.45) is 0 Å². The summed E-state index contributed by atoms with van der Waals surface area (Å²) < 4.78 is 50.8. The minimum absolute atomic E-state index is 0.0293. The van der Waals surface area contributed by atoms with Crippen molar-refractivity contribution in [2.45, 2.75) is 11.3 Å². The molecule has 158 valence electrons. The SMILES string of the molecule is COc1cccc(Cc2nc(-c3ccc(NS(=O)(=O)c4ccc(F)cc4)cc3)no2)c1. The average molecular weight is 439 g/mol. The molecule has 0 radical (unpaired) electrons. The van der Waals surface area contributed by atoms with Crippen molar-refractivity contribution in [2.75, 3.05) is 11.8 Å². The smallest absolute Gasteiger partial charge is 0.261 e. The van der Waals surface area contributed by atoms with E-state index in [1.165, 1.54) is 12.1 Å². The molecular formula is C22H18FN3O4S. The van der Waals surface area contributed by atoms with Gasteiger partial charge in [0.05, 0.1) is 18.4 Å². The predicted molar refractivity (Wildman–Crippen MR) is 113 cm³/mol. The number of rotatable bonds is 7. The van der Waals surface area contributed by atoms with Gasteiger partial charge in [0.2, 0.25) is 11.7 Å². The van der Waals surface area contributed by atoms with Crippen LogP contribution in [0.1, 0.15) is 11.5 Å². The van der Waals surface area contributed by atoms with Crippen molar-refractivity contribution < 1.29 is 22.1 Å². The van der Waals surface area contributed by atoms with Crippen molar-refractivity contribution in [3.05, 3.63) is 90.1 Å². The Kier molecular flexibility index (Phi) is 5.68. The van der Waals surface area contributed by atoms with Crippen molar-refractivity contribution in [3.8, 4) is 17.1 Å². The Morgan fingerprint density at radius 3 is 2.48 bits per heavy atom. The van der Waals surface area contributed by atoms with Crippen molar-refractivity contribution >= 4 is 15.7 Å². The molecule has 1 aromatic heterocycles. The van der Waals surface area contributed by atoms with Gasteiger partial charge < -0.3 is 9.26 Å². The van der Waals surface area contributed by atoms with Gasteiger partial charge in [0.15, 0.2) is 0 Å². The molecule has 9 heteroatoms. The summed E-state index contributed by atoms with van der Waals surface area (Å²) in [6.45, 7) is 0. The van der Waals surface area contributed by atoms with Gasteiger partial charge in [-0.2, -0.15) is 4.98 Å². The quantitative estimate of drug-likeness (QED) is 0.462. The highest BCUT2D eigenvalue weighted by Gasteiger charge is 2.15. The number of hydrogen-bond donors (Lipinski definition) is 1. The third kappa shape index (κ3) is 4.89. The van der Waals surface area contributed by atoms with Crippen molar-refractivity contribution in [1.29, 1.82) is 0 Å². The Bertz CT molecular complexity index is 1290. The first-order chi connectivity index (χ1) is 14.9. The molecule has 0 spiro atoms. The molecule has 3 aromatic carbocycles. The lowest BCUT2D eigenvalue weighted by Crippen LogP contribution is -2.12. The number of nitrogens with one attached hydrogen (secondary N) is 1. The number of methoxy groups -OCH3 is 1. The Morgan fingerprint density at radius 1 is 1.03 bits per heavy atom. The largest absolute Gasteiger partial charge is 0.497 e. The first kappa shape index (κ1) is 20.5. The fourth-order valence-electron chi connectivity index (χ4n) is 2.92. The lowest BCUT2D eigenvalue weighted by molar-refractivity contribution is 0.385. The first-order valence-corrected chi connectivity index (χ1v) is 10.8. The Balaban J connectivity index is 1.46. The number of anilines is 1. The zero-order valence-electron chi connectivity index (χ0n) is 16.4. The van der Waals surface area contributed by atoms with E-state index in [0.717, 1.165) is 23.4 Å². The summed E-state index contributed by atoms with van der Waals surface area (Å²) in [6, 6.07) is 18.7. The standard InChI is InChI=1S/C22H18FN3O4S/c1-29-19-4-2-3-15(13-19)14-21-24-22(25-30-21)16-5-9-18(10-6-16)26-31(27,28)20-11-7-17(23)8-12-20/h2-13,26H,14H2,1H3. The topological polar surface area (TPSA) is 94.3 Å². The van der Waals surface area contributed by atoms with E-state index in [4.69, 9.17) is 9.26 Å². The molecule has 31 heavy (non-hydrogen) atoms. The molecule has 0 aliphatic heterocycles. The van der Waals surface area contributed by atoms with Crippen LogP contribution in [0.4, 0.5) is 10.1 Å². The molecule has 0 atom stereocenters. The maximum atomic E-state index is 13.0. The summed E-state index contributed by atoms with van der Waals surface area (Å²) in [5.74, 6) is 1.08. The fourth-order valence-corrected chi connectivity index (χ4v) is 3.97. The van der Waals surface area contributed by atoms with Gasteiger partial charge in [-0.15, -0.1) is 0 Å². The zero-order chi connectivity index (χ0) is 21.8. The lowest BCUT2D eigenvalue weighted by Gasteiger charge is -2.08. The fraction of sp³-hybridized carbons (Fsp3) is 0.0909. The van der Waals surface area contributed by atoms with E-state index in [-0.39, 0.29) is 4.90 Å². The van der Waals surface area contributed by atoms with E-state index in [0.29, 0.717) is 29.4 Å². The number of aromatic nitrogens is 2. The summed E-state index contributed by atoms with van der Waals surface area (Å²) in [5.41, 5.74) is 2.00. The van der Waals surface area contributed by atoms with Crippen LogP contribution < -0.4 is 9.46 Å². The van der Waals surface area contributed by atoms with Crippen LogP contribution in [0, 0.1) is 5.82 Å². The predicted octanol–water partition coefficient (Wildman–Crippen LogP) is 4.28. The highest BCUT2D eigenvalue weighted by atomic mass is 32.2. The van der Waals surface area contributed by atoms with Gasteiger partial charge >= 0.3 is 0 Å². The second-order valence-corrected chi connectivity index (χ2v) is 8.36. The second-order valence-electron chi connectivity index (χ2n) is 6.68. The summed E-state index contributed by atoms with van der Waals surface area (Å²) >= 11 is 0. The van der Waals surface area contributed by atoms with Crippen LogP contribution in [0.15, 0.2) is 82.2 Å². The van der Waals surface area contributed by atoms with E-state index in [1.807, 2.05) is 24.3 Å². The number of benzene rings is 3. The molecule has 0 fully saturated rings. The van der Waals surface area contributed by atoms with Crippen LogP contribution in [0.25, 0.3) is 11.4 Å². The molecule has 1 N–H and O–H groups in total. The van der Waals surface area contributed by atoms with Crippen molar-refractivity contribution in [3.63, 3.8) is 0 Å². The number of ether oxygens (including phenoxy) is 1. The van der Waals surface area contributed by atoms with Crippen LogP contribution in [-0.2, 0) is 16.4 Å². The normalized spacial score (nSPS) is 11.3. The molecule has 0 saturated heterocycles. The maximum Gasteiger partial charge on any atom is 0.261 e. The molecular weight excluding hydrogens is 421 g/mol. The first-order valence-electron chi connectivity index (χ1n) is 9.27. The summed E-state index contributed by atoms with van der Waals surface area (Å²) in [4.78, 5) is 4.37. The van der Waals surface area contributed by atoms with Crippen LogP contribution in [0.5, 0.6) is 5.75 Å². The molecule has 0 bridgehead atoms. The molecule has 0 aliphatic carbocycles. The Hall–Kier alpha value is -3.72. The average Bonchev–Trinajstić information content (AvgIpc) is 3.23. The zero-order valence-corrected chi connectivity index (χ0v) is 17.3. The third-order valence-electron chi connectivity index (χ3n) is 4.48. The van der Waals surface area contributed by atoms with Gasteiger partial charge in [0.25, 0.3) is 10.0 Å². The van der Waals surface area contributed by atoms with E-state index in [9.17, 15) is 12.8 Å². The lowest BCUT2D eigenvalue weighted by atomic mass is 10.1. The summed E-state index contributed by atoms with van der Waals surface area (Å²) in [5, 5.41) is 3.99. The minimum Gasteiger partial charge on any atom is -0.497 e. The molecule has 7 nitrogen and oxygen atoms in total. The van der Waals surface area contributed by atoms with Crippen LogP contribution in [-0.4, -0.2) is 25.7 Å². The highest BCUT2D eigenvalue weighted by Crippen LogP contribution is 2.22. The Labute approximate surface area is 178 Å². The van der Waals surface area contributed by atoms with E-state index in [1.54, 1.807) is 31.4 Å². The molecule has 0 aliphatic rings. The molecule has 1 heterocycles. The van der Waals surface area contributed by atoms with Crippen LogP contribution >= 0.6 is 0 Å². The van der Waals surface area contributed by atoms with E-state index in [2.05, 4.69) is 14.9 Å². The van der Waals surface area contributed by atoms with Crippen LogP contribution in [0.2, 0.25) is 0 Å². The van der Waals surface area contributed by atoms with Gasteiger partial charge in [0.1, 0.15) is 11.6 Å². The van der Waals surface area contributed by atoms with Gasteiger partial charge in [-0.25, -0.2) is 12.8 Å². The maximum absolute atomic E-state index is 13.0. The molecule has 4 rings (SSSR count). The summed E-state index contributed by atoms with van der Waals surface area (Å²) in [7, 11) is -2.22. The number of nitrogens with zero attached hydrogens (tertiary/aromatic N) is 2. The molecule has 0 amide bonds. The minimum atomic E-state index is -3.82. The highest BCUT2D eigenvalue weighted by molar-refractivity contribution is 7.92. The molecule has 0 saturated carbocycles. The number of sulfonamides is 1. The van der Waals surface area contributed by atoms with Crippen LogP contribution in [0.3, 0.4) is 0 Å². The van der Waals surface area contributed by atoms with E-state index >= 15 is 0 Å². The third-order valence-corrected chi connectivity index (χ3v) is 5.87. The van der Waals surface area contributed by atoms with Gasteiger partial charge in [-0.3, -0.25) is 4.72 Å². The Morgan fingerprint density at radius 2 is 1.77 bits per heavy atom.